The number of rotatable bonds is 5. The molecule has 1 N–H and O–H groups in total. The van der Waals surface area contributed by atoms with Gasteiger partial charge in [0.05, 0.1) is 12.7 Å². The minimum atomic E-state index is -0.219. The van der Waals surface area contributed by atoms with Gasteiger partial charge in [0.25, 0.3) is 5.91 Å². The second kappa shape index (κ2) is 6.67. The zero-order valence-electron chi connectivity index (χ0n) is 12.0. The zero-order valence-corrected chi connectivity index (χ0v) is 12.0. The van der Waals surface area contributed by atoms with E-state index >= 15 is 0 Å². The number of carbonyl (C=O) groups is 1. The standard InChI is InChI=1S/C17H16N4O/c22-17(18-11-14-7-3-1-4-8-14)16-13-21(20-19-16)12-15-9-5-2-6-10-15/h1-10,13H,11-12H2,(H,18,22). The first-order valence-electron chi connectivity index (χ1n) is 7.07. The van der Waals surface area contributed by atoms with E-state index in [2.05, 4.69) is 15.6 Å². The number of nitrogens with one attached hydrogen (secondary N) is 1. The Balaban J connectivity index is 1.60. The van der Waals surface area contributed by atoms with Crippen LogP contribution >= 0.6 is 0 Å². The Labute approximate surface area is 128 Å². The fourth-order valence-corrected chi connectivity index (χ4v) is 2.12. The van der Waals surface area contributed by atoms with Gasteiger partial charge in [-0.3, -0.25) is 4.79 Å². The van der Waals surface area contributed by atoms with Gasteiger partial charge >= 0.3 is 0 Å². The smallest absolute Gasteiger partial charge is 0.273 e. The van der Waals surface area contributed by atoms with Crippen molar-refractivity contribution in [3.8, 4) is 0 Å². The van der Waals surface area contributed by atoms with Crippen molar-refractivity contribution < 1.29 is 4.79 Å². The lowest BCUT2D eigenvalue weighted by molar-refractivity contribution is 0.0946. The molecule has 0 fully saturated rings. The Bertz CT molecular complexity index is 738. The molecule has 5 heteroatoms. The second-order valence-electron chi connectivity index (χ2n) is 4.96. The van der Waals surface area contributed by atoms with Gasteiger partial charge in [-0.05, 0) is 11.1 Å². The maximum Gasteiger partial charge on any atom is 0.273 e. The summed E-state index contributed by atoms with van der Waals surface area (Å²) >= 11 is 0. The van der Waals surface area contributed by atoms with Crippen LogP contribution in [0.2, 0.25) is 0 Å². The molecular weight excluding hydrogens is 276 g/mol. The highest BCUT2D eigenvalue weighted by atomic mass is 16.2. The van der Waals surface area contributed by atoms with Crippen molar-refractivity contribution >= 4 is 5.91 Å². The van der Waals surface area contributed by atoms with Gasteiger partial charge in [0.1, 0.15) is 0 Å². The summed E-state index contributed by atoms with van der Waals surface area (Å²) in [5.74, 6) is -0.219. The molecule has 22 heavy (non-hydrogen) atoms. The van der Waals surface area contributed by atoms with Crippen LogP contribution in [0.4, 0.5) is 0 Å². The number of benzene rings is 2. The summed E-state index contributed by atoms with van der Waals surface area (Å²) in [7, 11) is 0. The molecule has 0 saturated heterocycles. The summed E-state index contributed by atoms with van der Waals surface area (Å²) in [4.78, 5) is 12.1. The normalized spacial score (nSPS) is 10.4. The highest BCUT2D eigenvalue weighted by Crippen LogP contribution is 2.03. The van der Waals surface area contributed by atoms with Gasteiger partial charge in [-0.1, -0.05) is 65.9 Å². The van der Waals surface area contributed by atoms with Crippen molar-refractivity contribution in [2.24, 2.45) is 0 Å². The Morgan fingerprint density at radius 2 is 1.59 bits per heavy atom. The van der Waals surface area contributed by atoms with Crippen LogP contribution in [-0.2, 0) is 13.1 Å². The van der Waals surface area contributed by atoms with Gasteiger partial charge in [-0.15, -0.1) is 5.10 Å². The molecule has 0 bridgehead atoms. The zero-order chi connectivity index (χ0) is 15.2. The maximum absolute atomic E-state index is 12.1. The van der Waals surface area contributed by atoms with Crippen molar-refractivity contribution in [1.29, 1.82) is 0 Å². The summed E-state index contributed by atoms with van der Waals surface area (Å²) < 4.78 is 1.66. The quantitative estimate of drug-likeness (QED) is 0.784. The van der Waals surface area contributed by atoms with E-state index in [0.29, 0.717) is 18.8 Å². The fourth-order valence-electron chi connectivity index (χ4n) is 2.12. The molecule has 110 valence electrons. The van der Waals surface area contributed by atoms with E-state index in [1.807, 2.05) is 60.7 Å². The number of amides is 1. The number of aromatic nitrogens is 3. The maximum atomic E-state index is 12.1. The minimum absolute atomic E-state index is 0.219. The van der Waals surface area contributed by atoms with Crippen LogP contribution < -0.4 is 5.32 Å². The molecule has 5 nitrogen and oxygen atoms in total. The van der Waals surface area contributed by atoms with Gasteiger partial charge in [-0.2, -0.15) is 0 Å². The first-order chi connectivity index (χ1) is 10.8. The highest BCUT2D eigenvalue weighted by Gasteiger charge is 2.10. The van der Waals surface area contributed by atoms with E-state index in [0.717, 1.165) is 11.1 Å². The van der Waals surface area contributed by atoms with Crippen LogP contribution in [0.3, 0.4) is 0 Å². The predicted octanol–water partition coefficient (Wildman–Crippen LogP) is 2.26. The average molecular weight is 292 g/mol. The lowest BCUT2D eigenvalue weighted by Crippen LogP contribution is -2.23. The van der Waals surface area contributed by atoms with Gasteiger partial charge in [0.15, 0.2) is 5.69 Å². The average Bonchev–Trinajstić information content (AvgIpc) is 3.03. The lowest BCUT2D eigenvalue weighted by Gasteiger charge is -2.02. The Kier molecular flexibility index (Phi) is 4.25. The van der Waals surface area contributed by atoms with Crippen molar-refractivity contribution in [2.45, 2.75) is 13.1 Å². The molecule has 0 aliphatic rings. The van der Waals surface area contributed by atoms with Crippen LogP contribution in [-0.4, -0.2) is 20.9 Å². The molecule has 3 aromatic rings. The van der Waals surface area contributed by atoms with Gasteiger partial charge in [0.2, 0.25) is 0 Å². The first kappa shape index (κ1) is 14.0. The van der Waals surface area contributed by atoms with Crippen molar-refractivity contribution in [1.82, 2.24) is 20.3 Å². The lowest BCUT2D eigenvalue weighted by atomic mass is 10.2. The number of carbonyl (C=O) groups excluding carboxylic acids is 1. The molecule has 0 aliphatic carbocycles. The third-order valence-electron chi connectivity index (χ3n) is 3.25. The number of nitrogens with zero attached hydrogens (tertiary/aromatic N) is 3. The molecule has 0 aliphatic heterocycles. The van der Waals surface area contributed by atoms with E-state index in [1.165, 1.54) is 0 Å². The molecule has 1 amide bonds. The van der Waals surface area contributed by atoms with E-state index in [9.17, 15) is 4.79 Å². The largest absolute Gasteiger partial charge is 0.347 e. The third-order valence-corrected chi connectivity index (χ3v) is 3.25. The Morgan fingerprint density at radius 1 is 0.955 bits per heavy atom. The van der Waals surface area contributed by atoms with Crippen LogP contribution in [0, 0.1) is 0 Å². The van der Waals surface area contributed by atoms with E-state index in [-0.39, 0.29) is 5.91 Å². The van der Waals surface area contributed by atoms with Crippen molar-refractivity contribution in [2.75, 3.05) is 0 Å². The van der Waals surface area contributed by atoms with E-state index in [4.69, 9.17) is 0 Å². The SMILES string of the molecule is O=C(NCc1ccccc1)c1cn(Cc2ccccc2)nn1. The molecule has 1 aromatic heterocycles. The van der Waals surface area contributed by atoms with Gasteiger partial charge < -0.3 is 5.32 Å². The van der Waals surface area contributed by atoms with Crippen molar-refractivity contribution in [3.63, 3.8) is 0 Å². The van der Waals surface area contributed by atoms with Crippen LogP contribution in [0.15, 0.2) is 66.9 Å². The Morgan fingerprint density at radius 3 is 2.27 bits per heavy atom. The van der Waals surface area contributed by atoms with Gasteiger partial charge in [0, 0.05) is 6.54 Å². The van der Waals surface area contributed by atoms with Gasteiger partial charge in [-0.25, -0.2) is 4.68 Å². The fraction of sp³-hybridized carbons (Fsp3) is 0.118. The monoisotopic (exact) mass is 292 g/mol. The molecule has 3 rings (SSSR count). The highest BCUT2D eigenvalue weighted by molar-refractivity contribution is 5.91. The predicted molar refractivity (Wildman–Crippen MR) is 83.2 cm³/mol. The van der Waals surface area contributed by atoms with Crippen molar-refractivity contribution in [3.05, 3.63) is 83.7 Å². The summed E-state index contributed by atoms with van der Waals surface area (Å²) in [5.41, 5.74) is 2.49. The molecule has 2 aromatic carbocycles. The molecule has 0 unspecified atom stereocenters. The molecular formula is C17H16N4O. The summed E-state index contributed by atoms with van der Waals surface area (Å²) in [6, 6.07) is 19.7. The summed E-state index contributed by atoms with van der Waals surface area (Å²) in [6.07, 6.45) is 1.66. The van der Waals surface area contributed by atoms with Crippen LogP contribution in [0.1, 0.15) is 21.6 Å². The molecule has 0 atom stereocenters. The molecule has 0 saturated carbocycles. The van der Waals surface area contributed by atoms with Crippen LogP contribution in [0.25, 0.3) is 0 Å². The van der Waals surface area contributed by atoms with E-state index < -0.39 is 0 Å². The number of hydrogen-bond acceptors (Lipinski definition) is 3. The number of hydrogen-bond donors (Lipinski definition) is 1. The Hall–Kier alpha value is -2.95. The topological polar surface area (TPSA) is 59.8 Å². The minimum Gasteiger partial charge on any atom is -0.347 e. The molecule has 0 spiro atoms. The third kappa shape index (κ3) is 3.58. The molecule has 1 heterocycles. The summed E-state index contributed by atoms with van der Waals surface area (Å²) in [6.45, 7) is 1.07. The van der Waals surface area contributed by atoms with E-state index in [1.54, 1.807) is 10.9 Å². The van der Waals surface area contributed by atoms with Crippen LogP contribution in [0.5, 0.6) is 0 Å². The molecule has 0 radical (unpaired) electrons. The second-order valence-corrected chi connectivity index (χ2v) is 4.96. The first-order valence-corrected chi connectivity index (χ1v) is 7.07. The summed E-state index contributed by atoms with van der Waals surface area (Å²) in [5, 5.41) is 10.8.